The highest BCUT2D eigenvalue weighted by molar-refractivity contribution is 6.02. The van der Waals surface area contributed by atoms with E-state index < -0.39 is 0 Å². The summed E-state index contributed by atoms with van der Waals surface area (Å²) in [7, 11) is 0. The molecule has 5 rings (SSSR count). The third-order valence-electron chi connectivity index (χ3n) is 5.23. The lowest BCUT2D eigenvalue weighted by Gasteiger charge is -2.33. The molecule has 1 unspecified atom stereocenters. The first-order chi connectivity index (χ1) is 12.4. The predicted molar refractivity (Wildman–Crippen MR) is 99.4 cm³/mol. The second-order valence-corrected chi connectivity index (χ2v) is 6.90. The molecule has 1 N–H and O–H groups in total. The summed E-state index contributed by atoms with van der Waals surface area (Å²) in [5.74, 6) is 0. The average Bonchev–Trinajstić information content (AvgIpc) is 3.29. The minimum Gasteiger partial charge on any atom is -0.305 e. The highest BCUT2D eigenvalue weighted by Gasteiger charge is 2.23. The molecule has 1 aliphatic rings. The molecule has 5 heteroatoms. The number of H-pyrrole nitrogens is 1. The van der Waals surface area contributed by atoms with Gasteiger partial charge >= 0.3 is 0 Å². The van der Waals surface area contributed by atoms with Crippen LogP contribution in [0.25, 0.3) is 21.9 Å². The second kappa shape index (κ2) is 6.01. The molecule has 0 amide bonds. The van der Waals surface area contributed by atoms with Crippen molar-refractivity contribution >= 4 is 21.9 Å². The first-order valence-corrected chi connectivity index (χ1v) is 8.94. The lowest BCUT2D eigenvalue weighted by molar-refractivity contribution is 0.166. The Bertz CT molecular complexity index is 1000. The van der Waals surface area contributed by atoms with E-state index in [1.165, 1.54) is 30.5 Å². The van der Waals surface area contributed by atoms with Crippen molar-refractivity contribution in [2.75, 3.05) is 13.1 Å². The van der Waals surface area contributed by atoms with Crippen LogP contribution in [-0.2, 0) is 6.54 Å². The van der Waals surface area contributed by atoms with Crippen molar-refractivity contribution in [3.05, 3.63) is 60.6 Å². The van der Waals surface area contributed by atoms with E-state index in [9.17, 15) is 0 Å². The maximum atomic E-state index is 4.44. The summed E-state index contributed by atoms with van der Waals surface area (Å²) >= 11 is 0. The molecule has 4 aromatic rings. The summed E-state index contributed by atoms with van der Waals surface area (Å²) < 4.78 is 2.33. The van der Waals surface area contributed by atoms with Gasteiger partial charge in [-0.25, -0.2) is 9.97 Å². The number of benzene rings is 1. The number of fused-ring (bicyclic) bond motifs is 3. The molecule has 0 aliphatic carbocycles. The fourth-order valence-electron chi connectivity index (χ4n) is 4.05. The Kier molecular flexibility index (Phi) is 3.52. The van der Waals surface area contributed by atoms with Gasteiger partial charge in [0, 0.05) is 42.5 Å². The maximum absolute atomic E-state index is 4.44. The fraction of sp³-hybridized carbons (Fsp3) is 0.300. The van der Waals surface area contributed by atoms with E-state index in [0.717, 1.165) is 29.5 Å². The minimum absolute atomic E-state index is 0.454. The van der Waals surface area contributed by atoms with Crippen molar-refractivity contribution in [2.45, 2.75) is 25.4 Å². The summed E-state index contributed by atoms with van der Waals surface area (Å²) in [6, 6.07) is 13.3. The molecule has 3 aromatic heterocycles. The van der Waals surface area contributed by atoms with Gasteiger partial charge in [-0.2, -0.15) is 0 Å². The first-order valence-electron chi connectivity index (χ1n) is 8.94. The van der Waals surface area contributed by atoms with Crippen LogP contribution in [0.15, 0.2) is 55.0 Å². The van der Waals surface area contributed by atoms with Gasteiger partial charge < -0.3 is 5.10 Å². The Labute approximate surface area is 146 Å². The Balaban J connectivity index is 1.46. The van der Waals surface area contributed by atoms with Crippen molar-refractivity contribution < 1.29 is 0 Å². The van der Waals surface area contributed by atoms with Gasteiger partial charge in [0.2, 0.25) is 0 Å². The van der Waals surface area contributed by atoms with Crippen LogP contribution in [-0.4, -0.2) is 37.7 Å². The third kappa shape index (κ3) is 2.61. The van der Waals surface area contributed by atoms with E-state index in [0.29, 0.717) is 6.04 Å². The SMILES string of the molecule is c1ccc(CN2CCCC(n3[nH]cc4cnc5nccc5c43)C2)cc1. The van der Waals surface area contributed by atoms with Crippen LogP contribution in [0, 0.1) is 0 Å². The van der Waals surface area contributed by atoms with Gasteiger partial charge in [0.15, 0.2) is 5.65 Å². The monoisotopic (exact) mass is 331 g/mol. The summed E-state index contributed by atoms with van der Waals surface area (Å²) in [5.41, 5.74) is 3.45. The van der Waals surface area contributed by atoms with Crippen molar-refractivity contribution in [1.29, 1.82) is 0 Å². The van der Waals surface area contributed by atoms with Crippen molar-refractivity contribution in [1.82, 2.24) is 24.6 Å². The molecule has 1 fully saturated rings. The van der Waals surface area contributed by atoms with Crippen LogP contribution in [0.5, 0.6) is 0 Å². The van der Waals surface area contributed by atoms with E-state index in [4.69, 9.17) is 0 Å². The molecule has 0 spiro atoms. The average molecular weight is 331 g/mol. The number of piperidine rings is 1. The van der Waals surface area contributed by atoms with E-state index >= 15 is 0 Å². The van der Waals surface area contributed by atoms with Gasteiger partial charge in [0.1, 0.15) is 0 Å². The number of likely N-dealkylation sites (tertiary alicyclic amines) is 1. The highest BCUT2D eigenvalue weighted by Crippen LogP contribution is 2.29. The van der Waals surface area contributed by atoms with Gasteiger partial charge in [0.05, 0.1) is 11.6 Å². The van der Waals surface area contributed by atoms with Gasteiger partial charge in [-0.15, -0.1) is 0 Å². The van der Waals surface area contributed by atoms with Crippen molar-refractivity contribution in [3.8, 4) is 0 Å². The molecule has 4 heterocycles. The fourth-order valence-corrected chi connectivity index (χ4v) is 4.05. The quantitative estimate of drug-likeness (QED) is 0.622. The number of aromatic amines is 1. The van der Waals surface area contributed by atoms with Crippen molar-refractivity contribution in [2.24, 2.45) is 0 Å². The number of nitrogens with one attached hydrogen (secondary N) is 1. The molecule has 126 valence electrons. The zero-order valence-electron chi connectivity index (χ0n) is 14.1. The third-order valence-corrected chi connectivity index (χ3v) is 5.23. The maximum Gasteiger partial charge on any atom is 0.161 e. The van der Waals surface area contributed by atoms with Crippen LogP contribution < -0.4 is 0 Å². The lowest BCUT2D eigenvalue weighted by atomic mass is 10.0. The van der Waals surface area contributed by atoms with E-state index in [1.807, 2.05) is 12.4 Å². The van der Waals surface area contributed by atoms with Crippen LogP contribution in [0.4, 0.5) is 0 Å². The molecular formula is C20H21N5. The Hall–Kier alpha value is -2.66. The van der Waals surface area contributed by atoms with Gasteiger partial charge in [-0.05, 0) is 31.0 Å². The zero-order valence-corrected chi connectivity index (χ0v) is 14.1. The summed E-state index contributed by atoms with van der Waals surface area (Å²) in [6.45, 7) is 3.25. The van der Waals surface area contributed by atoms with Crippen LogP contribution >= 0.6 is 0 Å². The highest BCUT2D eigenvalue weighted by atomic mass is 15.3. The second-order valence-electron chi connectivity index (χ2n) is 6.90. The zero-order chi connectivity index (χ0) is 16.6. The molecule has 1 aromatic carbocycles. The van der Waals surface area contributed by atoms with Crippen molar-refractivity contribution in [3.63, 3.8) is 0 Å². The minimum atomic E-state index is 0.454. The molecule has 1 atom stereocenters. The number of pyridine rings is 1. The topological polar surface area (TPSA) is 49.7 Å². The van der Waals surface area contributed by atoms with E-state index in [2.05, 4.69) is 67.2 Å². The molecule has 1 saturated heterocycles. The molecule has 0 radical (unpaired) electrons. The number of hydrogen-bond donors (Lipinski definition) is 1. The summed E-state index contributed by atoms with van der Waals surface area (Å²) in [6.07, 6.45) is 8.24. The molecule has 1 aliphatic heterocycles. The number of nitrogens with zero attached hydrogens (tertiary/aromatic N) is 4. The lowest BCUT2D eigenvalue weighted by Crippen LogP contribution is -2.36. The van der Waals surface area contributed by atoms with Crippen LogP contribution in [0.1, 0.15) is 24.4 Å². The number of aromatic nitrogens is 4. The standard InChI is InChI=1S/C20H21N5/c1-2-5-15(6-3-1)13-24-10-4-7-17(14-24)25-19-16(12-23-25)11-22-20-18(19)8-9-21-20/h1-3,5-6,8-9,11-12,17,23H,4,7,10,13-14H2. The number of hydrogen-bond acceptors (Lipinski definition) is 3. The number of rotatable bonds is 3. The van der Waals surface area contributed by atoms with Crippen LogP contribution in [0.2, 0.25) is 0 Å². The van der Waals surface area contributed by atoms with Gasteiger partial charge in [0.25, 0.3) is 0 Å². The summed E-state index contributed by atoms with van der Waals surface area (Å²) in [5, 5.41) is 5.76. The van der Waals surface area contributed by atoms with E-state index in [1.54, 1.807) is 0 Å². The largest absolute Gasteiger partial charge is 0.305 e. The summed E-state index contributed by atoms with van der Waals surface area (Å²) in [4.78, 5) is 11.4. The normalized spacial score (nSPS) is 19.0. The molecule has 25 heavy (non-hydrogen) atoms. The Morgan fingerprint density at radius 2 is 2.04 bits per heavy atom. The molecule has 0 bridgehead atoms. The van der Waals surface area contributed by atoms with Gasteiger partial charge in [-0.1, -0.05) is 30.3 Å². The Morgan fingerprint density at radius 3 is 2.96 bits per heavy atom. The molecule has 0 saturated carbocycles. The first kappa shape index (κ1) is 14.7. The van der Waals surface area contributed by atoms with E-state index in [-0.39, 0.29) is 0 Å². The van der Waals surface area contributed by atoms with Gasteiger partial charge in [-0.3, -0.25) is 9.58 Å². The Morgan fingerprint density at radius 1 is 1.12 bits per heavy atom. The predicted octanol–water partition coefficient (Wildman–Crippen LogP) is 3.75. The smallest absolute Gasteiger partial charge is 0.161 e. The van der Waals surface area contributed by atoms with Crippen LogP contribution in [0.3, 0.4) is 0 Å². The molecular weight excluding hydrogens is 310 g/mol. The molecule has 5 nitrogen and oxygen atoms in total.